The van der Waals surface area contributed by atoms with E-state index in [1.165, 1.54) is 178 Å². The van der Waals surface area contributed by atoms with Crippen LogP contribution in [-0.2, 0) is 19.5 Å². The first-order valence-electron chi connectivity index (χ1n) is 18.0. The zero-order valence-corrected chi connectivity index (χ0v) is 27.0. The van der Waals surface area contributed by atoms with Gasteiger partial charge in [-0.25, -0.2) is 9.13 Å². The van der Waals surface area contributed by atoms with Gasteiger partial charge in [0.05, 0.1) is 6.54 Å². The Morgan fingerprint density at radius 1 is 0.500 bits per heavy atom. The zero-order valence-electron chi connectivity index (χ0n) is 27.0. The van der Waals surface area contributed by atoms with Crippen LogP contribution in [0.3, 0.4) is 0 Å². The van der Waals surface area contributed by atoms with Crippen molar-refractivity contribution in [3.63, 3.8) is 0 Å². The van der Waals surface area contributed by atoms with Crippen molar-refractivity contribution >= 4 is 0 Å². The molecule has 1 heterocycles. The average Bonchev–Trinajstić information content (AvgIpc) is 3.35. The summed E-state index contributed by atoms with van der Waals surface area (Å²) in [6.45, 7) is 6.80. The number of imidazole rings is 1. The highest BCUT2D eigenvalue weighted by atomic mass is 15.1. The normalized spacial score (nSPS) is 11.4. The van der Waals surface area contributed by atoms with Crippen LogP contribution in [0.4, 0.5) is 0 Å². The first-order valence-corrected chi connectivity index (χ1v) is 18.0. The number of aryl methyl sites for hydroxylation is 1. The molecule has 0 aliphatic rings. The molecule has 0 aliphatic heterocycles. The van der Waals surface area contributed by atoms with Gasteiger partial charge in [-0.1, -0.05) is 179 Å². The molecule has 0 atom stereocenters. The van der Waals surface area contributed by atoms with Crippen molar-refractivity contribution < 1.29 is 4.57 Å². The first kappa shape index (κ1) is 34.6. The largest absolute Gasteiger partial charge is 0.256 e. The van der Waals surface area contributed by atoms with E-state index in [9.17, 15) is 0 Å². The first-order chi connectivity index (χ1) is 19.8. The Hall–Kier alpha value is -1.57. The summed E-state index contributed by atoms with van der Waals surface area (Å²) in [4.78, 5) is 0. The van der Waals surface area contributed by atoms with E-state index in [0.29, 0.717) is 0 Å². The van der Waals surface area contributed by atoms with Crippen molar-refractivity contribution in [2.45, 2.75) is 187 Å². The minimum atomic E-state index is 1.000. The predicted octanol–water partition coefficient (Wildman–Crippen LogP) is 11.8. The molecule has 2 rings (SSSR count). The molecule has 1 aromatic heterocycles. The quantitative estimate of drug-likeness (QED) is 0.0734. The second-order valence-corrected chi connectivity index (χ2v) is 12.5. The van der Waals surface area contributed by atoms with Crippen LogP contribution in [0.2, 0.25) is 0 Å². The smallest absolute Gasteiger partial charge is 0.234 e. The van der Waals surface area contributed by atoms with E-state index in [-0.39, 0.29) is 0 Å². The van der Waals surface area contributed by atoms with E-state index in [2.05, 4.69) is 65.7 Å². The molecule has 0 saturated carbocycles. The summed E-state index contributed by atoms with van der Waals surface area (Å²) in [5, 5.41) is 0. The second-order valence-electron chi connectivity index (χ2n) is 12.5. The van der Waals surface area contributed by atoms with Gasteiger partial charge in [-0.05, 0) is 24.8 Å². The molecule has 0 spiro atoms. The van der Waals surface area contributed by atoms with Gasteiger partial charge in [-0.2, -0.15) is 0 Å². The van der Waals surface area contributed by atoms with Crippen LogP contribution in [0.1, 0.15) is 179 Å². The number of benzene rings is 1. The summed E-state index contributed by atoms with van der Waals surface area (Å²) in [6.07, 6.45) is 40.0. The third-order valence-corrected chi connectivity index (χ3v) is 8.79. The Bertz CT molecular complexity index is 793. The highest BCUT2D eigenvalue weighted by Crippen LogP contribution is 2.15. The van der Waals surface area contributed by atoms with Gasteiger partial charge in [0, 0.05) is 6.42 Å². The average molecular weight is 552 g/mol. The number of unbranched alkanes of at least 4 members (excludes halogenated alkanes) is 22. The summed E-state index contributed by atoms with van der Waals surface area (Å²) in [6, 6.07) is 11.0. The molecule has 0 fully saturated rings. The highest BCUT2D eigenvalue weighted by Gasteiger charge is 2.17. The number of rotatable bonds is 28. The van der Waals surface area contributed by atoms with E-state index in [4.69, 9.17) is 0 Å². The summed E-state index contributed by atoms with van der Waals surface area (Å²) < 4.78 is 5.10. The Balaban J connectivity index is 1.61. The molecule has 0 aliphatic carbocycles. The van der Waals surface area contributed by atoms with Crippen LogP contribution in [0.15, 0.2) is 42.7 Å². The van der Waals surface area contributed by atoms with Crippen LogP contribution in [0.5, 0.6) is 0 Å². The van der Waals surface area contributed by atoms with Crippen molar-refractivity contribution in [1.29, 1.82) is 0 Å². The van der Waals surface area contributed by atoms with Crippen molar-refractivity contribution in [2.75, 3.05) is 0 Å². The molecular formula is C38H67N2+. The van der Waals surface area contributed by atoms with E-state index in [0.717, 1.165) is 6.54 Å². The predicted molar refractivity (Wildman–Crippen MR) is 176 cm³/mol. The number of aromatic nitrogens is 2. The van der Waals surface area contributed by atoms with Gasteiger partial charge >= 0.3 is 0 Å². The van der Waals surface area contributed by atoms with Crippen molar-refractivity contribution in [1.82, 2.24) is 4.57 Å². The monoisotopic (exact) mass is 552 g/mol. The zero-order chi connectivity index (χ0) is 28.4. The number of hydrogen-bond acceptors (Lipinski definition) is 0. The molecule has 0 saturated heterocycles. The van der Waals surface area contributed by atoms with Crippen molar-refractivity contribution in [2.24, 2.45) is 0 Å². The van der Waals surface area contributed by atoms with Crippen LogP contribution in [0, 0.1) is 0 Å². The maximum atomic E-state index is 2.58. The molecule has 0 bridgehead atoms. The Morgan fingerprint density at radius 2 is 0.925 bits per heavy atom. The van der Waals surface area contributed by atoms with Gasteiger partial charge in [0.2, 0.25) is 0 Å². The fourth-order valence-electron chi connectivity index (χ4n) is 6.16. The van der Waals surface area contributed by atoms with Crippen LogP contribution in [0.25, 0.3) is 0 Å². The molecular weight excluding hydrogens is 484 g/mol. The van der Waals surface area contributed by atoms with E-state index in [1.54, 1.807) is 0 Å². The van der Waals surface area contributed by atoms with Gasteiger partial charge in [0.15, 0.2) is 0 Å². The molecule has 2 aromatic rings. The van der Waals surface area contributed by atoms with E-state index in [1.807, 2.05) is 0 Å². The van der Waals surface area contributed by atoms with Gasteiger partial charge in [0.1, 0.15) is 18.9 Å². The lowest BCUT2D eigenvalue weighted by molar-refractivity contribution is -0.704. The topological polar surface area (TPSA) is 8.81 Å². The molecule has 228 valence electrons. The molecule has 40 heavy (non-hydrogen) atoms. The Morgan fingerprint density at radius 3 is 1.40 bits per heavy atom. The molecule has 0 unspecified atom stereocenters. The number of hydrogen-bond donors (Lipinski definition) is 0. The van der Waals surface area contributed by atoms with E-state index < -0.39 is 0 Å². The Labute approximate surface area is 250 Å². The van der Waals surface area contributed by atoms with Crippen LogP contribution >= 0.6 is 0 Å². The van der Waals surface area contributed by atoms with Gasteiger partial charge in [0.25, 0.3) is 5.82 Å². The lowest BCUT2D eigenvalue weighted by Gasteiger charge is -2.07. The summed E-state index contributed by atoms with van der Waals surface area (Å²) in [7, 11) is 0. The molecule has 2 heteroatoms. The maximum Gasteiger partial charge on any atom is 0.256 e. The summed E-state index contributed by atoms with van der Waals surface area (Å²) in [5.41, 5.74) is 1.41. The molecule has 2 nitrogen and oxygen atoms in total. The second kappa shape index (κ2) is 25.2. The Kier molecular flexibility index (Phi) is 21.8. The summed E-state index contributed by atoms with van der Waals surface area (Å²) >= 11 is 0. The SMILES string of the molecule is CCCCCCCCCCCCCCCCCc1n(Cc2ccccc2)cc[n+]1CCCCCCCCCCC. The standard InChI is InChI=1S/C38H67N2/c1-3-5-7-9-11-13-14-15-16-17-18-19-21-23-28-32-38-39(33-29-24-22-20-12-10-8-6-4-2)34-35-40(38)36-37-30-26-25-27-31-37/h25-27,30-31,34-35H,3-24,28-29,32-33,36H2,1-2H3/q+1. The molecule has 0 radical (unpaired) electrons. The van der Waals surface area contributed by atoms with Gasteiger partial charge in [-0.3, -0.25) is 0 Å². The minimum Gasteiger partial charge on any atom is -0.234 e. The fourth-order valence-corrected chi connectivity index (χ4v) is 6.16. The third-order valence-electron chi connectivity index (χ3n) is 8.79. The van der Waals surface area contributed by atoms with Gasteiger partial charge in [-0.15, -0.1) is 0 Å². The lowest BCUT2D eigenvalue weighted by Crippen LogP contribution is -2.37. The molecule has 1 aromatic carbocycles. The lowest BCUT2D eigenvalue weighted by atomic mass is 10.0. The van der Waals surface area contributed by atoms with Crippen molar-refractivity contribution in [3.8, 4) is 0 Å². The van der Waals surface area contributed by atoms with Crippen molar-refractivity contribution in [3.05, 3.63) is 54.1 Å². The summed E-state index contributed by atoms with van der Waals surface area (Å²) in [5.74, 6) is 1.54. The van der Waals surface area contributed by atoms with E-state index >= 15 is 0 Å². The molecule has 0 N–H and O–H groups in total. The van der Waals surface area contributed by atoms with Crippen LogP contribution in [-0.4, -0.2) is 4.57 Å². The minimum absolute atomic E-state index is 1.000. The highest BCUT2D eigenvalue weighted by molar-refractivity contribution is 5.15. The fraction of sp³-hybridized carbons (Fsp3) is 0.763. The molecule has 0 amide bonds. The van der Waals surface area contributed by atoms with Gasteiger partial charge < -0.3 is 0 Å². The maximum absolute atomic E-state index is 2.58. The number of nitrogens with zero attached hydrogens (tertiary/aromatic N) is 2. The third kappa shape index (κ3) is 17.3. The van der Waals surface area contributed by atoms with Crippen LogP contribution < -0.4 is 4.57 Å².